The fourth-order valence-corrected chi connectivity index (χ4v) is 3.36. The van der Waals surface area contributed by atoms with Crippen LogP contribution in [0.15, 0.2) is 43.0 Å². The molecule has 1 fully saturated rings. The highest BCUT2D eigenvalue weighted by molar-refractivity contribution is 6.31. The van der Waals surface area contributed by atoms with E-state index in [1.165, 1.54) is 0 Å². The molecule has 0 spiro atoms. The molecule has 4 atom stereocenters. The second kappa shape index (κ2) is 10.9. The minimum Gasteiger partial charge on any atom is -0.394 e. The van der Waals surface area contributed by atoms with Crippen molar-refractivity contribution < 1.29 is 19.7 Å². The normalized spacial score (nSPS) is 24.7. The van der Waals surface area contributed by atoms with Crippen molar-refractivity contribution in [2.75, 3.05) is 13.2 Å². The van der Waals surface area contributed by atoms with E-state index in [4.69, 9.17) is 21.1 Å². The lowest BCUT2D eigenvalue weighted by molar-refractivity contribution is -0.113. The molecular weight excluding hydrogens is 352 g/mol. The van der Waals surface area contributed by atoms with Crippen LogP contribution in [0.5, 0.6) is 0 Å². The van der Waals surface area contributed by atoms with Gasteiger partial charge in [0.15, 0.2) is 0 Å². The lowest BCUT2D eigenvalue weighted by Gasteiger charge is -2.32. The van der Waals surface area contributed by atoms with E-state index in [1.807, 2.05) is 31.2 Å². The van der Waals surface area contributed by atoms with E-state index in [9.17, 15) is 10.2 Å². The molecule has 1 heterocycles. The van der Waals surface area contributed by atoms with Gasteiger partial charge >= 0.3 is 0 Å². The maximum absolute atomic E-state index is 10.0. The third kappa shape index (κ3) is 6.22. The van der Waals surface area contributed by atoms with Gasteiger partial charge < -0.3 is 19.7 Å². The molecule has 1 aromatic carbocycles. The van der Waals surface area contributed by atoms with E-state index < -0.39 is 6.10 Å². The molecule has 0 bridgehead atoms. The maximum atomic E-state index is 10.0. The quantitative estimate of drug-likeness (QED) is 0.636. The van der Waals surface area contributed by atoms with Gasteiger partial charge in [0.1, 0.15) is 0 Å². The van der Waals surface area contributed by atoms with Crippen molar-refractivity contribution in [2.45, 2.75) is 57.0 Å². The molecule has 2 rings (SSSR count). The Morgan fingerprint density at radius 2 is 2.19 bits per heavy atom. The van der Waals surface area contributed by atoms with Crippen molar-refractivity contribution in [3.63, 3.8) is 0 Å². The zero-order valence-electron chi connectivity index (χ0n) is 15.3. The summed E-state index contributed by atoms with van der Waals surface area (Å²) in [5, 5.41) is 20.1. The molecule has 0 saturated carbocycles. The Balaban J connectivity index is 2.01. The molecule has 5 heteroatoms. The van der Waals surface area contributed by atoms with Crippen LogP contribution in [0.3, 0.4) is 0 Å². The van der Waals surface area contributed by atoms with Crippen LogP contribution in [0, 0.1) is 0 Å². The molecule has 4 nitrogen and oxygen atoms in total. The van der Waals surface area contributed by atoms with Crippen LogP contribution < -0.4 is 0 Å². The number of hydrogen-bond donors (Lipinski definition) is 2. The first kappa shape index (κ1) is 21.1. The van der Waals surface area contributed by atoms with Gasteiger partial charge in [-0.05, 0) is 37.0 Å². The smallest absolute Gasteiger partial charge is 0.0854 e. The molecule has 0 radical (unpaired) electrons. The summed E-state index contributed by atoms with van der Waals surface area (Å²) in [4.78, 5) is 0. The zero-order valence-corrected chi connectivity index (χ0v) is 16.1. The second-order valence-corrected chi connectivity index (χ2v) is 6.95. The van der Waals surface area contributed by atoms with Gasteiger partial charge in [-0.25, -0.2) is 0 Å². The number of benzene rings is 1. The van der Waals surface area contributed by atoms with Crippen LogP contribution in [0.1, 0.15) is 43.4 Å². The fourth-order valence-electron chi connectivity index (χ4n) is 3.16. The van der Waals surface area contributed by atoms with Crippen LogP contribution in [0.25, 0.3) is 0 Å². The topological polar surface area (TPSA) is 58.9 Å². The summed E-state index contributed by atoms with van der Waals surface area (Å²) in [7, 11) is 0. The van der Waals surface area contributed by atoms with Crippen molar-refractivity contribution >= 4 is 11.6 Å². The predicted octanol–water partition coefficient (Wildman–Crippen LogP) is 3.99. The number of rotatable bonds is 9. The Labute approximate surface area is 161 Å². The summed E-state index contributed by atoms with van der Waals surface area (Å²) in [6.07, 6.45) is 7.49. The molecule has 0 aromatic heterocycles. The van der Waals surface area contributed by atoms with Gasteiger partial charge in [-0.3, -0.25) is 0 Å². The van der Waals surface area contributed by atoms with Crippen LogP contribution in [-0.4, -0.2) is 41.7 Å². The monoisotopic (exact) mass is 380 g/mol. The van der Waals surface area contributed by atoms with Crippen molar-refractivity contribution in [1.29, 1.82) is 0 Å². The van der Waals surface area contributed by atoms with E-state index >= 15 is 0 Å². The first-order chi connectivity index (χ1) is 12.6. The molecule has 1 aliphatic heterocycles. The van der Waals surface area contributed by atoms with E-state index in [1.54, 1.807) is 0 Å². The molecule has 0 amide bonds. The van der Waals surface area contributed by atoms with Crippen molar-refractivity contribution in [1.82, 2.24) is 0 Å². The van der Waals surface area contributed by atoms with Gasteiger partial charge in [-0.15, -0.1) is 6.58 Å². The van der Waals surface area contributed by atoms with Gasteiger partial charge in [0, 0.05) is 24.5 Å². The second-order valence-electron chi connectivity index (χ2n) is 6.55. The number of ether oxygens (including phenoxy) is 2. The molecule has 0 aliphatic carbocycles. The van der Waals surface area contributed by atoms with Gasteiger partial charge in [0.2, 0.25) is 0 Å². The Hall–Kier alpha value is -1.17. The Bertz CT molecular complexity index is 602. The maximum Gasteiger partial charge on any atom is 0.0854 e. The third-order valence-electron chi connectivity index (χ3n) is 4.54. The van der Waals surface area contributed by atoms with E-state index in [0.29, 0.717) is 30.9 Å². The highest BCUT2D eigenvalue weighted by Crippen LogP contribution is 2.33. The number of aliphatic hydroxyl groups is 2. The summed E-state index contributed by atoms with van der Waals surface area (Å²) in [6.45, 7) is 6.34. The Morgan fingerprint density at radius 3 is 2.88 bits per heavy atom. The van der Waals surface area contributed by atoms with E-state index in [0.717, 1.165) is 17.5 Å². The molecule has 1 aromatic rings. The van der Waals surface area contributed by atoms with Gasteiger partial charge in [0.05, 0.1) is 31.0 Å². The first-order valence-electron chi connectivity index (χ1n) is 9.19. The lowest BCUT2D eigenvalue weighted by atomic mass is 9.94. The Kier molecular flexibility index (Phi) is 8.82. The van der Waals surface area contributed by atoms with Crippen molar-refractivity contribution in [2.24, 2.45) is 0 Å². The van der Waals surface area contributed by atoms with E-state index in [2.05, 4.69) is 18.7 Å². The number of halogens is 1. The first-order valence-corrected chi connectivity index (χ1v) is 9.57. The third-order valence-corrected chi connectivity index (χ3v) is 4.91. The summed E-state index contributed by atoms with van der Waals surface area (Å²) < 4.78 is 11.4. The van der Waals surface area contributed by atoms with Gasteiger partial charge in [-0.1, -0.05) is 42.0 Å². The van der Waals surface area contributed by atoms with Crippen LogP contribution in [0.4, 0.5) is 0 Å². The average Bonchev–Trinajstić information content (AvgIpc) is 2.64. The summed E-state index contributed by atoms with van der Waals surface area (Å²) >= 11 is 6.33. The fraction of sp³-hybridized carbons (Fsp3) is 0.524. The number of aliphatic hydroxyl groups excluding tert-OH is 2. The molecule has 144 valence electrons. The number of hydrogen-bond acceptors (Lipinski definition) is 4. The highest BCUT2D eigenvalue weighted by Gasteiger charge is 2.29. The average molecular weight is 381 g/mol. The molecule has 1 aliphatic rings. The molecule has 4 unspecified atom stereocenters. The van der Waals surface area contributed by atoms with E-state index in [-0.39, 0.29) is 24.9 Å². The minimum absolute atomic E-state index is 0.0330. The largest absolute Gasteiger partial charge is 0.394 e. The Morgan fingerprint density at radius 1 is 1.38 bits per heavy atom. The number of allylic oxidation sites excluding steroid dienone is 1. The summed E-state index contributed by atoms with van der Waals surface area (Å²) in [6, 6.07) is 5.82. The summed E-state index contributed by atoms with van der Waals surface area (Å²) in [5.41, 5.74) is 1.99. The van der Waals surface area contributed by atoms with Gasteiger partial charge in [0.25, 0.3) is 0 Å². The van der Waals surface area contributed by atoms with Crippen LogP contribution >= 0.6 is 11.6 Å². The molecule has 2 N–H and O–H groups in total. The standard InChI is InChI=1S/C21H29ClO4/c1-3-18(25-4-2)8-6-5-7-15-11-16(9-10-20(15)22)21-13-17(24)12-19(14-23)26-21/h3,5-6,9-11,17-19,21,23-24H,1,4,7-8,12-14H2,2H3/b6-5+. The van der Waals surface area contributed by atoms with Gasteiger partial charge in [-0.2, -0.15) is 0 Å². The lowest BCUT2D eigenvalue weighted by Crippen LogP contribution is -2.33. The SMILES string of the molecule is C=CC(C/C=C/Cc1cc(C2CC(O)CC(CO)O2)ccc1Cl)OCC. The summed E-state index contributed by atoms with van der Waals surface area (Å²) in [5.74, 6) is 0. The molecule has 26 heavy (non-hydrogen) atoms. The van der Waals surface area contributed by atoms with Crippen molar-refractivity contribution in [3.8, 4) is 0 Å². The predicted molar refractivity (Wildman–Crippen MR) is 104 cm³/mol. The minimum atomic E-state index is -0.459. The van der Waals surface area contributed by atoms with Crippen LogP contribution in [0.2, 0.25) is 5.02 Å². The zero-order chi connectivity index (χ0) is 18.9. The van der Waals surface area contributed by atoms with Crippen molar-refractivity contribution in [3.05, 3.63) is 59.2 Å². The van der Waals surface area contributed by atoms with Crippen LogP contribution in [-0.2, 0) is 15.9 Å². The highest BCUT2D eigenvalue weighted by atomic mass is 35.5. The molecular formula is C21H29ClO4. The molecule has 1 saturated heterocycles.